The second-order valence-electron chi connectivity index (χ2n) is 3.39. The Kier molecular flexibility index (Phi) is 5.38. The Morgan fingerprint density at radius 2 is 1.94 bits per heavy atom. The van der Waals surface area contributed by atoms with Gasteiger partial charge in [0.2, 0.25) is 0 Å². The minimum atomic E-state index is 0.141. The van der Waals surface area contributed by atoms with E-state index in [-0.39, 0.29) is 13.1 Å². The molecule has 0 N–H and O–H groups in total. The van der Waals surface area contributed by atoms with Crippen LogP contribution < -0.4 is 4.90 Å². The van der Waals surface area contributed by atoms with E-state index in [4.69, 9.17) is 10.5 Å². The SMILES string of the molecule is CCCc1nc(Br)cc(N(CC#N)CC#N)n1. The Morgan fingerprint density at radius 1 is 1.29 bits per heavy atom. The number of halogens is 1. The topological polar surface area (TPSA) is 76.6 Å². The van der Waals surface area contributed by atoms with Crippen LogP contribution in [0.2, 0.25) is 0 Å². The molecular weight excluding hydrogens is 282 g/mol. The highest BCUT2D eigenvalue weighted by Crippen LogP contribution is 2.16. The van der Waals surface area contributed by atoms with E-state index in [1.165, 1.54) is 0 Å². The molecule has 1 rings (SSSR count). The third kappa shape index (κ3) is 4.01. The molecule has 0 atom stereocenters. The summed E-state index contributed by atoms with van der Waals surface area (Å²) in [6.45, 7) is 2.33. The van der Waals surface area contributed by atoms with Gasteiger partial charge in [-0.25, -0.2) is 9.97 Å². The van der Waals surface area contributed by atoms with Crippen molar-refractivity contribution in [3.05, 3.63) is 16.5 Å². The summed E-state index contributed by atoms with van der Waals surface area (Å²) in [5, 5.41) is 17.4. The van der Waals surface area contributed by atoms with Crippen LogP contribution in [0.5, 0.6) is 0 Å². The third-order valence-electron chi connectivity index (χ3n) is 2.05. The number of nitrogens with zero attached hydrogens (tertiary/aromatic N) is 5. The van der Waals surface area contributed by atoms with Crippen molar-refractivity contribution in [2.45, 2.75) is 19.8 Å². The molecule has 88 valence electrons. The van der Waals surface area contributed by atoms with Crippen molar-refractivity contribution in [2.24, 2.45) is 0 Å². The Labute approximate surface area is 109 Å². The lowest BCUT2D eigenvalue weighted by atomic mass is 10.3. The molecule has 17 heavy (non-hydrogen) atoms. The van der Waals surface area contributed by atoms with Crippen molar-refractivity contribution in [2.75, 3.05) is 18.0 Å². The number of aromatic nitrogens is 2. The first-order valence-electron chi connectivity index (χ1n) is 5.23. The maximum Gasteiger partial charge on any atom is 0.135 e. The monoisotopic (exact) mass is 293 g/mol. The minimum Gasteiger partial charge on any atom is -0.330 e. The molecule has 0 saturated heterocycles. The van der Waals surface area contributed by atoms with E-state index in [9.17, 15) is 0 Å². The second kappa shape index (κ2) is 6.82. The van der Waals surface area contributed by atoms with Gasteiger partial charge in [0.15, 0.2) is 0 Å². The Morgan fingerprint density at radius 3 is 2.47 bits per heavy atom. The maximum atomic E-state index is 8.71. The van der Waals surface area contributed by atoms with Crippen LogP contribution in [0, 0.1) is 22.7 Å². The standard InChI is InChI=1S/C11H12BrN5/c1-2-3-10-15-9(12)8-11(16-10)17(6-4-13)7-5-14/h8H,2-3,6-7H2,1H3. The van der Waals surface area contributed by atoms with E-state index in [0.717, 1.165) is 18.7 Å². The summed E-state index contributed by atoms with van der Waals surface area (Å²) >= 11 is 3.31. The normalized spacial score (nSPS) is 9.41. The average molecular weight is 294 g/mol. The van der Waals surface area contributed by atoms with Gasteiger partial charge in [0, 0.05) is 12.5 Å². The van der Waals surface area contributed by atoms with Crippen molar-refractivity contribution in [1.82, 2.24) is 9.97 Å². The number of anilines is 1. The summed E-state index contributed by atoms with van der Waals surface area (Å²) < 4.78 is 0.673. The van der Waals surface area contributed by atoms with Gasteiger partial charge in [-0.2, -0.15) is 10.5 Å². The zero-order valence-electron chi connectivity index (χ0n) is 9.52. The first-order chi connectivity index (χ1) is 8.21. The molecule has 0 radical (unpaired) electrons. The fraction of sp³-hybridized carbons (Fsp3) is 0.455. The highest BCUT2D eigenvalue weighted by Gasteiger charge is 2.10. The molecule has 0 aromatic carbocycles. The van der Waals surface area contributed by atoms with E-state index in [1.54, 1.807) is 11.0 Å². The Balaban J connectivity index is 3.02. The molecule has 0 aliphatic carbocycles. The summed E-state index contributed by atoms with van der Waals surface area (Å²) in [5.41, 5.74) is 0. The van der Waals surface area contributed by atoms with Gasteiger partial charge < -0.3 is 4.90 Å². The smallest absolute Gasteiger partial charge is 0.135 e. The van der Waals surface area contributed by atoms with Crippen LogP contribution in [-0.2, 0) is 6.42 Å². The van der Waals surface area contributed by atoms with E-state index < -0.39 is 0 Å². The molecule has 1 aromatic heterocycles. The predicted octanol–water partition coefficient (Wildman–Crippen LogP) is 2.05. The predicted molar refractivity (Wildman–Crippen MR) is 67.2 cm³/mol. The van der Waals surface area contributed by atoms with Crippen LogP contribution in [-0.4, -0.2) is 23.1 Å². The van der Waals surface area contributed by atoms with Crippen LogP contribution >= 0.6 is 15.9 Å². The first kappa shape index (κ1) is 13.4. The fourth-order valence-electron chi connectivity index (χ4n) is 1.34. The molecule has 6 heteroatoms. The first-order valence-corrected chi connectivity index (χ1v) is 6.02. The molecule has 0 aliphatic heterocycles. The lowest BCUT2D eigenvalue weighted by Gasteiger charge is -2.17. The number of aryl methyl sites for hydroxylation is 1. The Hall–Kier alpha value is -1.66. The van der Waals surface area contributed by atoms with Crippen molar-refractivity contribution >= 4 is 21.7 Å². The van der Waals surface area contributed by atoms with E-state index >= 15 is 0 Å². The number of rotatable bonds is 5. The molecule has 5 nitrogen and oxygen atoms in total. The summed E-state index contributed by atoms with van der Waals surface area (Å²) in [5.74, 6) is 1.33. The van der Waals surface area contributed by atoms with E-state index in [1.807, 2.05) is 19.1 Å². The van der Waals surface area contributed by atoms with Gasteiger partial charge in [-0.1, -0.05) is 6.92 Å². The van der Waals surface area contributed by atoms with Crippen molar-refractivity contribution in [3.8, 4) is 12.1 Å². The van der Waals surface area contributed by atoms with Crippen molar-refractivity contribution in [3.63, 3.8) is 0 Å². The van der Waals surface area contributed by atoms with Gasteiger partial charge in [0.25, 0.3) is 0 Å². The molecule has 0 fully saturated rings. The zero-order valence-corrected chi connectivity index (χ0v) is 11.1. The van der Waals surface area contributed by atoms with Gasteiger partial charge in [-0.3, -0.25) is 0 Å². The highest BCUT2D eigenvalue weighted by molar-refractivity contribution is 9.10. The van der Waals surface area contributed by atoms with Crippen LogP contribution in [0.25, 0.3) is 0 Å². The molecule has 0 bridgehead atoms. The number of hydrogen-bond acceptors (Lipinski definition) is 5. The Bertz CT molecular complexity index is 444. The molecule has 0 unspecified atom stereocenters. The summed E-state index contributed by atoms with van der Waals surface area (Å²) in [6, 6.07) is 5.76. The van der Waals surface area contributed by atoms with Crippen molar-refractivity contribution < 1.29 is 0 Å². The fourth-order valence-corrected chi connectivity index (χ4v) is 1.75. The molecule has 0 saturated carbocycles. The van der Waals surface area contributed by atoms with Crippen LogP contribution in [0.15, 0.2) is 10.7 Å². The summed E-state index contributed by atoms with van der Waals surface area (Å²) in [4.78, 5) is 10.2. The third-order valence-corrected chi connectivity index (χ3v) is 2.45. The minimum absolute atomic E-state index is 0.141. The van der Waals surface area contributed by atoms with E-state index in [0.29, 0.717) is 10.4 Å². The van der Waals surface area contributed by atoms with Crippen LogP contribution in [0.4, 0.5) is 5.82 Å². The average Bonchev–Trinajstić information content (AvgIpc) is 2.28. The molecule has 0 aliphatic rings. The summed E-state index contributed by atoms with van der Waals surface area (Å²) in [7, 11) is 0. The van der Waals surface area contributed by atoms with Crippen LogP contribution in [0.3, 0.4) is 0 Å². The van der Waals surface area contributed by atoms with Gasteiger partial charge in [0.1, 0.15) is 29.3 Å². The lowest BCUT2D eigenvalue weighted by Crippen LogP contribution is -2.25. The molecule has 0 amide bonds. The van der Waals surface area contributed by atoms with Crippen LogP contribution in [0.1, 0.15) is 19.2 Å². The number of hydrogen-bond donors (Lipinski definition) is 0. The van der Waals surface area contributed by atoms with Gasteiger partial charge in [-0.15, -0.1) is 0 Å². The lowest BCUT2D eigenvalue weighted by molar-refractivity contribution is 0.812. The number of nitriles is 2. The zero-order chi connectivity index (χ0) is 12.7. The second-order valence-corrected chi connectivity index (χ2v) is 4.20. The molecule has 1 aromatic rings. The maximum absolute atomic E-state index is 8.71. The van der Waals surface area contributed by atoms with E-state index in [2.05, 4.69) is 25.9 Å². The highest BCUT2D eigenvalue weighted by atomic mass is 79.9. The quantitative estimate of drug-likeness (QED) is 0.613. The molecule has 0 spiro atoms. The van der Waals surface area contributed by atoms with Crippen molar-refractivity contribution in [1.29, 1.82) is 10.5 Å². The molecular formula is C11H12BrN5. The largest absolute Gasteiger partial charge is 0.330 e. The van der Waals surface area contributed by atoms with Gasteiger partial charge in [-0.05, 0) is 22.4 Å². The summed E-state index contributed by atoms with van der Waals surface area (Å²) in [6.07, 6.45) is 1.73. The van der Waals surface area contributed by atoms with Gasteiger partial charge >= 0.3 is 0 Å². The van der Waals surface area contributed by atoms with Gasteiger partial charge in [0.05, 0.1) is 12.1 Å². The molecule has 1 heterocycles.